The fourth-order valence-electron chi connectivity index (χ4n) is 5.30. The van der Waals surface area contributed by atoms with Gasteiger partial charge in [-0.3, -0.25) is 18.6 Å². The zero-order valence-electron chi connectivity index (χ0n) is 32.0. The van der Waals surface area contributed by atoms with Crippen molar-refractivity contribution in [2.24, 2.45) is 0 Å². The average molecular weight is 725 g/mol. The molecule has 0 spiro atoms. The molecule has 290 valence electrons. The minimum Gasteiger partial charge on any atom is -0.462 e. The Bertz CT molecular complexity index is 958. The zero-order chi connectivity index (χ0) is 36.8. The number of hydrogen-bond acceptors (Lipinski definition) is 7. The SMILES string of the molecule is CC/C=C\C/C=C\C/C=C\C/C=C\CCCCCCCCCCC(=O)OC(COC(=O)CCCCCCCCCCCC)COP(=O)(O)OC. The van der Waals surface area contributed by atoms with Gasteiger partial charge in [-0.15, -0.1) is 0 Å². The first-order chi connectivity index (χ1) is 24.3. The lowest BCUT2D eigenvalue weighted by Gasteiger charge is -2.19. The molecule has 0 radical (unpaired) electrons. The number of hydrogen-bond donors (Lipinski definition) is 1. The van der Waals surface area contributed by atoms with Crippen LogP contribution in [0.1, 0.15) is 174 Å². The van der Waals surface area contributed by atoms with Crippen LogP contribution in [0.4, 0.5) is 0 Å². The number of esters is 2. The van der Waals surface area contributed by atoms with Crippen molar-refractivity contribution in [1.29, 1.82) is 0 Å². The molecule has 0 aliphatic rings. The van der Waals surface area contributed by atoms with Crippen LogP contribution in [-0.4, -0.2) is 43.3 Å². The molecule has 0 heterocycles. The second-order valence-corrected chi connectivity index (χ2v) is 14.6. The normalized spacial score (nSPS) is 13.9. The monoisotopic (exact) mass is 725 g/mol. The fraction of sp³-hybridized carbons (Fsp3) is 0.756. The van der Waals surface area contributed by atoms with Gasteiger partial charge >= 0.3 is 19.8 Å². The third kappa shape index (κ3) is 35.8. The maximum atomic E-state index is 12.5. The lowest BCUT2D eigenvalue weighted by atomic mass is 10.1. The van der Waals surface area contributed by atoms with Gasteiger partial charge in [0.15, 0.2) is 6.10 Å². The summed E-state index contributed by atoms with van der Waals surface area (Å²) < 4.78 is 31.9. The molecular weight excluding hydrogens is 651 g/mol. The topological polar surface area (TPSA) is 108 Å². The standard InChI is InChI=1S/C41H73O8P/c1-4-6-8-10-12-14-16-17-18-19-20-21-22-23-24-25-26-28-30-32-34-36-41(43)49-39(38-48-50(44,45)46-3)37-47-40(42)35-33-31-29-27-15-13-11-9-7-5-2/h6,8,12,14,17-18,20-21,39H,4-5,7,9-11,13,15-16,19,22-38H2,1-3H3,(H,44,45)/b8-6-,14-12-,18-17-,21-20-. The molecule has 2 unspecified atom stereocenters. The number of unbranched alkanes of at least 4 members (excludes halogenated alkanes) is 17. The predicted molar refractivity (Wildman–Crippen MR) is 207 cm³/mol. The second-order valence-electron chi connectivity index (χ2n) is 13.0. The molecule has 0 amide bonds. The second kappa shape index (κ2) is 36.8. The molecule has 0 bridgehead atoms. The zero-order valence-corrected chi connectivity index (χ0v) is 32.9. The largest absolute Gasteiger partial charge is 0.472 e. The number of allylic oxidation sites excluding steroid dienone is 8. The van der Waals surface area contributed by atoms with E-state index in [1.165, 1.54) is 70.6 Å². The summed E-state index contributed by atoms with van der Waals surface area (Å²) >= 11 is 0. The minimum absolute atomic E-state index is 0.228. The molecule has 0 aromatic rings. The maximum absolute atomic E-state index is 12.5. The molecule has 2 atom stereocenters. The van der Waals surface area contributed by atoms with Crippen LogP contribution < -0.4 is 0 Å². The molecule has 0 fully saturated rings. The first kappa shape index (κ1) is 48.0. The van der Waals surface area contributed by atoms with Crippen molar-refractivity contribution in [1.82, 2.24) is 0 Å². The molecule has 9 heteroatoms. The van der Waals surface area contributed by atoms with Crippen molar-refractivity contribution < 1.29 is 37.6 Å². The third-order valence-electron chi connectivity index (χ3n) is 8.34. The van der Waals surface area contributed by atoms with Crippen LogP contribution in [0.25, 0.3) is 0 Å². The summed E-state index contributed by atoms with van der Waals surface area (Å²) in [6, 6.07) is 0. The smallest absolute Gasteiger partial charge is 0.462 e. The Labute approximate surface area is 306 Å². The molecule has 0 saturated carbocycles. The highest BCUT2D eigenvalue weighted by atomic mass is 31.2. The van der Waals surface area contributed by atoms with Gasteiger partial charge in [-0.05, 0) is 51.4 Å². The minimum atomic E-state index is -4.26. The molecule has 0 aromatic carbocycles. The Morgan fingerprint density at radius 3 is 1.52 bits per heavy atom. The van der Waals surface area contributed by atoms with Crippen molar-refractivity contribution in [2.45, 2.75) is 180 Å². The van der Waals surface area contributed by atoms with Crippen molar-refractivity contribution in [3.63, 3.8) is 0 Å². The van der Waals surface area contributed by atoms with Crippen LogP contribution in [0, 0.1) is 0 Å². The Balaban J connectivity index is 4.01. The van der Waals surface area contributed by atoms with Gasteiger partial charge in [-0.25, -0.2) is 4.57 Å². The van der Waals surface area contributed by atoms with E-state index in [1.807, 2.05) is 0 Å². The lowest BCUT2D eigenvalue weighted by molar-refractivity contribution is -0.161. The van der Waals surface area contributed by atoms with Crippen LogP contribution in [0.5, 0.6) is 0 Å². The highest BCUT2D eigenvalue weighted by molar-refractivity contribution is 7.47. The van der Waals surface area contributed by atoms with E-state index in [1.54, 1.807) is 0 Å². The quantitative estimate of drug-likeness (QED) is 0.0294. The number of ether oxygens (including phenoxy) is 2. The summed E-state index contributed by atoms with van der Waals surface area (Å²) in [7, 11) is -3.20. The summed E-state index contributed by atoms with van der Waals surface area (Å²) in [5, 5.41) is 0. The van der Waals surface area contributed by atoms with Crippen LogP contribution in [0.2, 0.25) is 0 Å². The Morgan fingerprint density at radius 2 is 1.02 bits per heavy atom. The molecule has 0 rings (SSSR count). The van der Waals surface area contributed by atoms with E-state index in [4.69, 9.17) is 14.0 Å². The van der Waals surface area contributed by atoms with Gasteiger partial charge in [-0.1, -0.05) is 159 Å². The van der Waals surface area contributed by atoms with Crippen LogP contribution in [-0.2, 0) is 32.7 Å². The predicted octanol–water partition coefficient (Wildman–Crippen LogP) is 12.2. The summed E-state index contributed by atoms with van der Waals surface area (Å²) in [6.07, 6.45) is 43.1. The Hall–Kier alpha value is -1.99. The summed E-state index contributed by atoms with van der Waals surface area (Å²) in [4.78, 5) is 34.3. The van der Waals surface area contributed by atoms with Crippen LogP contribution in [0.3, 0.4) is 0 Å². The van der Waals surface area contributed by atoms with Gasteiger partial charge in [0.25, 0.3) is 0 Å². The van der Waals surface area contributed by atoms with Crippen LogP contribution in [0.15, 0.2) is 48.6 Å². The summed E-state index contributed by atoms with van der Waals surface area (Å²) in [5.74, 6) is -0.815. The molecule has 0 aliphatic carbocycles. The van der Waals surface area contributed by atoms with E-state index in [0.29, 0.717) is 12.8 Å². The molecule has 0 aromatic heterocycles. The van der Waals surface area contributed by atoms with E-state index in [-0.39, 0.29) is 19.0 Å². The number of rotatable bonds is 36. The fourth-order valence-corrected chi connectivity index (χ4v) is 5.76. The van der Waals surface area contributed by atoms with Gasteiger partial charge in [0.2, 0.25) is 0 Å². The van der Waals surface area contributed by atoms with E-state index < -0.39 is 26.5 Å². The van der Waals surface area contributed by atoms with Crippen LogP contribution >= 0.6 is 7.82 Å². The van der Waals surface area contributed by atoms with Gasteiger partial charge < -0.3 is 14.4 Å². The van der Waals surface area contributed by atoms with Gasteiger partial charge in [-0.2, -0.15) is 0 Å². The molecular formula is C41H73O8P. The number of phosphoric acid groups is 1. The molecule has 0 aliphatic heterocycles. The van der Waals surface area contributed by atoms with Crippen molar-refractivity contribution in [2.75, 3.05) is 20.3 Å². The van der Waals surface area contributed by atoms with E-state index >= 15 is 0 Å². The first-order valence-electron chi connectivity index (χ1n) is 19.8. The molecule has 8 nitrogen and oxygen atoms in total. The van der Waals surface area contributed by atoms with Gasteiger partial charge in [0.05, 0.1) is 6.61 Å². The maximum Gasteiger partial charge on any atom is 0.472 e. The number of carbonyl (C=O) groups excluding carboxylic acids is 2. The Morgan fingerprint density at radius 1 is 0.580 bits per heavy atom. The third-order valence-corrected chi connectivity index (χ3v) is 9.27. The number of phosphoric ester groups is 1. The van der Waals surface area contributed by atoms with Crippen molar-refractivity contribution in [3.05, 3.63) is 48.6 Å². The van der Waals surface area contributed by atoms with Crippen molar-refractivity contribution >= 4 is 19.8 Å². The molecule has 0 saturated heterocycles. The van der Waals surface area contributed by atoms with E-state index in [0.717, 1.165) is 77.7 Å². The van der Waals surface area contributed by atoms with Crippen molar-refractivity contribution in [3.8, 4) is 0 Å². The highest BCUT2D eigenvalue weighted by Crippen LogP contribution is 2.42. The van der Waals surface area contributed by atoms with Gasteiger partial charge in [0.1, 0.15) is 6.61 Å². The average Bonchev–Trinajstić information content (AvgIpc) is 3.10. The number of carbonyl (C=O) groups is 2. The lowest BCUT2D eigenvalue weighted by Crippen LogP contribution is -2.29. The summed E-state index contributed by atoms with van der Waals surface area (Å²) in [6.45, 7) is 3.74. The summed E-state index contributed by atoms with van der Waals surface area (Å²) in [5.41, 5.74) is 0. The Kier molecular flexibility index (Phi) is 35.3. The molecule has 50 heavy (non-hydrogen) atoms. The highest BCUT2D eigenvalue weighted by Gasteiger charge is 2.24. The first-order valence-corrected chi connectivity index (χ1v) is 21.3. The van der Waals surface area contributed by atoms with Gasteiger partial charge in [0, 0.05) is 20.0 Å². The van der Waals surface area contributed by atoms with E-state index in [9.17, 15) is 19.0 Å². The van der Waals surface area contributed by atoms with E-state index in [2.05, 4.69) is 67.0 Å². The molecule has 1 N–H and O–H groups in total.